The third kappa shape index (κ3) is 2.39. The van der Waals surface area contributed by atoms with E-state index in [4.69, 9.17) is 4.74 Å². The lowest BCUT2D eigenvalue weighted by Gasteiger charge is -2.39. The van der Waals surface area contributed by atoms with Gasteiger partial charge in [0.15, 0.2) is 11.4 Å². The molecule has 2 aliphatic carbocycles. The standard InChI is InChI=1S/C23H21N5O3/c1-21(2)22(3)9-10-23(21,18-17(22)26-15(11-24)16(12-25)27-18)20(30)28-14-8-6-5-7-13(14)19(29)31-4/h5-8H,9-10H2,1-4H3,(H,28,30). The van der Waals surface area contributed by atoms with Crippen LogP contribution in [0.3, 0.4) is 0 Å². The minimum absolute atomic E-state index is 0.0302. The van der Waals surface area contributed by atoms with Gasteiger partial charge in [-0.3, -0.25) is 4.79 Å². The lowest BCUT2D eigenvalue weighted by molar-refractivity contribution is -0.125. The van der Waals surface area contributed by atoms with Crippen molar-refractivity contribution in [1.29, 1.82) is 10.5 Å². The number of hydrogen-bond acceptors (Lipinski definition) is 7. The number of para-hydroxylation sites is 1. The largest absolute Gasteiger partial charge is 0.465 e. The fourth-order valence-electron chi connectivity index (χ4n) is 5.25. The predicted molar refractivity (Wildman–Crippen MR) is 110 cm³/mol. The van der Waals surface area contributed by atoms with Crippen LogP contribution in [0.5, 0.6) is 0 Å². The number of aromatic nitrogens is 2. The summed E-state index contributed by atoms with van der Waals surface area (Å²) in [6.45, 7) is 6.01. The highest BCUT2D eigenvalue weighted by Crippen LogP contribution is 2.70. The molecular weight excluding hydrogens is 394 g/mol. The van der Waals surface area contributed by atoms with E-state index in [1.54, 1.807) is 24.3 Å². The molecule has 2 aromatic rings. The van der Waals surface area contributed by atoms with Gasteiger partial charge in [-0.15, -0.1) is 0 Å². The van der Waals surface area contributed by atoms with Crippen LogP contribution in [-0.4, -0.2) is 29.0 Å². The first-order valence-corrected chi connectivity index (χ1v) is 9.90. The topological polar surface area (TPSA) is 129 Å². The molecule has 156 valence electrons. The van der Waals surface area contributed by atoms with Gasteiger partial charge in [-0.05, 0) is 30.4 Å². The number of fused-ring (bicyclic) bond motifs is 5. The maximum atomic E-state index is 13.9. The van der Waals surface area contributed by atoms with E-state index in [2.05, 4.69) is 15.3 Å². The quantitative estimate of drug-likeness (QED) is 0.763. The molecule has 4 rings (SSSR count). The zero-order valence-corrected chi connectivity index (χ0v) is 17.7. The molecule has 1 fully saturated rings. The third-order valence-corrected chi connectivity index (χ3v) is 7.45. The van der Waals surface area contributed by atoms with Gasteiger partial charge in [0, 0.05) is 5.41 Å². The molecule has 31 heavy (non-hydrogen) atoms. The first-order chi connectivity index (χ1) is 14.7. The van der Waals surface area contributed by atoms with Crippen LogP contribution >= 0.6 is 0 Å². The molecule has 1 heterocycles. The Labute approximate surface area is 179 Å². The zero-order valence-electron chi connectivity index (χ0n) is 17.7. The van der Waals surface area contributed by atoms with E-state index in [0.29, 0.717) is 29.9 Å². The molecule has 2 unspecified atom stereocenters. The summed E-state index contributed by atoms with van der Waals surface area (Å²) in [6.07, 6.45) is 1.20. The summed E-state index contributed by atoms with van der Waals surface area (Å²) < 4.78 is 4.83. The molecule has 1 N–H and O–H groups in total. The van der Waals surface area contributed by atoms with E-state index >= 15 is 0 Å². The van der Waals surface area contributed by atoms with Crippen molar-refractivity contribution in [1.82, 2.24) is 9.97 Å². The first kappa shape index (κ1) is 20.5. The predicted octanol–water partition coefficient (Wildman–Crippen LogP) is 2.97. The molecule has 8 nitrogen and oxygen atoms in total. The van der Waals surface area contributed by atoms with E-state index in [-0.39, 0.29) is 22.9 Å². The number of methoxy groups -OCH3 is 1. The SMILES string of the molecule is COC(=O)c1ccccc1NC(=O)C12CCC(C)(c3nc(C#N)c(C#N)nc31)C2(C)C. The van der Waals surface area contributed by atoms with Gasteiger partial charge < -0.3 is 10.1 Å². The maximum absolute atomic E-state index is 13.9. The molecule has 0 spiro atoms. The van der Waals surface area contributed by atoms with Crippen molar-refractivity contribution in [3.8, 4) is 12.1 Å². The van der Waals surface area contributed by atoms with Crippen molar-refractivity contribution in [2.45, 2.75) is 44.4 Å². The van der Waals surface area contributed by atoms with E-state index in [0.717, 1.165) is 0 Å². The Morgan fingerprint density at radius 2 is 1.65 bits per heavy atom. The summed E-state index contributed by atoms with van der Waals surface area (Å²) in [4.78, 5) is 35.0. The highest BCUT2D eigenvalue weighted by atomic mass is 16.5. The number of benzene rings is 1. The number of esters is 1. The molecule has 1 aromatic carbocycles. The number of nitrogens with one attached hydrogen (secondary N) is 1. The normalized spacial score (nSPS) is 24.6. The number of amides is 1. The second-order valence-electron chi connectivity index (χ2n) is 8.70. The van der Waals surface area contributed by atoms with Gasteiger partial charge in [0.1, 0.15) is 12.1 Å². The molecular formula is C23H21N5O3. The van der Waals surface area contributed by atoms with Crippen molar-refractivity contribution < 1.29 is 14.3 Å². The molecule has 2 bridgehead atoms. The van der Waals surface area contributed by atoms with Crippen molar-refractivity contribution in [3.05, 3.63) is 52.6 Å². The van der Waals surface area contributed by atoms with Crippen LogP contribution in [0.2, 0.25) is 0 Å². The average molecular weight is 415 g/mol. The van der Waals surface area contributed by atoms with Crippen LogP contribution in [0.25, 0.3) is 0 Å². The Hall–Kier alpha value is -3.78. The summed E-state index contributed by atoms with van der Waals surface area (Å²) in [5.41, 5.74) is -0.642. The highest BCUT2D eigenvalue weighted by molar-refractivity contribution is 6.06. The van der Waals surface area contributed by atoms with Crippen molar-refractivity contribution in [2.75, 3.05) is 12.4 Å². The van der Waals surface area contributed by atoms with Crippen LogP contribution in [0.15, 0.2) is 24.3 Å². The molecule has 2 atom stereocenters. The molecule has 2 aliphatic rings. The Bertz CT molecular complexity index is 1220. The van der Waals surface area contributed by atoms with Gasteiger partial charge in [-0.25, -0.2) is 14.8 Å². The highest BCUT2D eigenvalue weighted by Gasteiger charge is 2.73. The smallest absolute Gasteiger partial charge is 0.339 e. The van der Waals surface area contributed by atoms with E-state index in [1.165, 1.54) is 7.11 Å². The van der Waals surface area contributed by atoms with Gasteiger partial charge in [0.25, 0.3) is 0 Å². The Morgan fingerprint density at radius 1 is 1.03 bits per heavy atom. The average Bonchev–Trinajstić information content (AvgIpc) is 3.07. The van der Waals surface area contributed by atoms with Crippen LogP contribution < -0.4 is 5.32 Å². The third-order valence-electron chi connectivity index (χ3n) is 7.45. The zero-order chi connectivity index (χ0) is 22.6. The first-order valence-electron chi connectivity index (χ1n) is 9.90. The molecule has 0 aliphatic heterocycles. The number of carbonyl (C=O) groups is 2. The number of hydrogen-bond donors (Lipinski definition) is 1. The van der Waals surface area contributed by atoms with Crippen LogP contribution in [-0.2, 0) is 20.4 Å². The van der Waals surface area contributed by atoms with Gasteiger partial charge >= 0.3 is 5.97 Å². The number of nitrogens with zero attached hydrogens (tertiary/aromatic N) is 4. The number of nitriles is 2. The lowest BCUT2D eigenvalue weighted by atomic mass is 9.63. The van der Waals surface area contributed by atoms with Crippen LogP contribution in [0.4, 0.5) is 5.69 Å². The number of carbonyl (C=O) groups excluding carboxylic acids is 2. The van der Waals surface area contributed by atoms with Gasteiger partial charge in [-0.1, -0.05) is 32.9 Å². The minimum atomic E-state index is -1.06. The summed E-state index contributed by atoms with van der Waals surface area (Å²) in [6, 6.07) is 10.5. The van der Waals surface area contributed by atoms with Gasteiger partial charge in [-0.2, -0.15) is 10.5 Å². The Kier molecular flexibility index (Phi) is 4.37. The second kappa shape index (κ2) is 6.61. The minimum Gasteiger partial charge on any atom is -0.465 e. The van der Waals surface area contributed by atoms with Gasteiger partial charge in [0.2, 0.25) is 5.91 Å². The van der Waals surface area contributed by atoms with E-state index in [9.17, 15) is 20.1 Å². The maximum Gasteiger partial charge on any atom is 0.339 e. The van der Waals surface area contributed by atoms with E-state index < -0.39 is 22.2 Å². The van der Waals surface area contributed by atoms with Crippen molar-refractivity contribution in [3.63, 3.8) is 0 Å². The fourth-order valence-corrected chi connectivity index (χ4v) is 5.25. The second-order valence-corrected chi connectivity index (χ2v) is 8.70. The molecule has 0 radical (unpaired) electrons. The van der Waals surface area contributed by atoms with Crippen LogP contribution in [0.1, 0.15) is 66.7 Å². The fraction of sp³-hybridized carbons (Fsp3) is 0.391. The van der Waals surface area contributed by atoms with Gasteiger partial charge in [0.05, 0.1) is 35.2 Å². The van der Waals surface area contributed by atoms with E-state index in [1.807, 2.05) is 32.9 Å². The van der Waals surface area contributed by atoms with Crippen molar-refractivity contribution in [2.24, 2.45) is 5.41 Å². The molecule has 1 aromatic heterocycles. The van der Waals surface area contributed by atoms with Crippen LogP contribution in [0, 0.1) is 28.1 Å². The summed E-state index contributed by atoms with van der Waals surface area (Å²) in [7, 11) is 1.28. The van der Waals surface area contributed by atoms with Crippen molar-refractivity contribution >= 4 is 17.6 Å². The molecule has 8 heteroatoms. The Balaban J connectivity index is 1.89. The summed E-state index contributed by atoms with van der Waals surface area (Å²) in [5, 5.41) is 21.8. The molecule has 1 saturated carbocycles. The molecule has 1 amide bonds. The Morgan fingerprint density at radius 3 is 2.26 bits per heavy atom. The monoisotopic (exact) mass is 415 g/mol. The summed E-state index contributed by atoms with van der Waals surface area (Å²) in [5.74, 6) is -0.875. The number of rotatable bonds is 3. The summed E-state index contributed by atoms with van der Waals surface area (Å²) >= 11 is 0. The lowest BCUT2D eigenvalue weighted by Crippen LogP contribution is -2.48. The number of ether oxygens (including phenoxy) is 1. The molecule has 0 saturated heterocycles. The number of anilines is 1.